The third-order valence-electron chi connectivity index (χ3n) is 0. The molecule has 45 valence electrons. The summed E-state index contributed by atoms with van der Waals surface area (Å²) in [5.41, 5.74) is 0. The van der Waals surface area contributed by atoms with E-state index in [1.54, 1.807) is 0 Å². The van der Waals surface area contributed by atoms with Gasteiger partial charge in [0, 0.05) is 21.1 Å². The molecule has 6 heteroatoms. The predicted molar refractivity (Wildman–Crippen MR) is 11.1 cm³/mol. The van der Waals surface area contributed by atoms with Gasteiger partial charge < -0.3 is 21.9 Å². The van der Waals surface area contributed by atoms with Crippen LogP contribution >= 0.6 is 0 Å². The van der Waals surface area contributed by atoms with Gasteiger partial charge in [-0.15, -0.1) is 0 Å². The smallest absolute Gasteiger partial charge is 0.870 e. The first-order valence-electron chi connectivity index (χ1n) is 0. The quantitative estimate of drug-likeness (QED) is 0.442. The summed E-state index contributed by atoms with van der Waals surface area (Å²) < 4.78 is 0. The van der Waals surface area contributed by atoms with Crippen molar-refractivity contribution < 1.29 is 59.7 Å². The first kappa shape index (κ1) is 239. The molecule has 0 spiro atoms. The molecular weight excluding hydrogens is 219 g/mol. The van der Waals surface area contributed by atoms with E-state index in [1.807, 2.05) is 0 Å². The first-order valence-corrected chi connectivity index (χ1v) is 0. The third kappa shape index (κ3) is 76.5. The van der Waals surface area contributed by atoms with Crippen molar-refractivity contribution in [3.8, 4) is 0 Å². The van der Waals surface area contributed by atoms with Gasteiger partial charge in [-0.25, -0.2) is 0 Å². The Morgan fingerprint density at radius 2 is 0.667 bits per heavy atom. The van der Waals surface area contributed by atoms with E-state index in [4.69, 9.17) is 0 Å². The van der Waals surface area contributed by atoms with Crippen LogP contribution in [0.15, 0.2) is 0 Å². The number of rotatable bonds is 0. The van der Waals surface area contributed by atoms with Gasteiger partial charge in [-0.05, 0) is 0 Å². The zero-order valence-corrected chi connectivity index (χ0v) is 5.68. The molecule has 0 fully saturated rings. The van der Waals surface area contributed by atoms with E-state index in [0.717, 1.165) is 0 Å². The molecule has 0 aromatic rings. The minimum atomic E-state index is 0. The van der Waals surface area contributed by atoms with Crippen LogP contribution in [0.2, 0.25) is 0 Å². The molecule has 4 nitrogen and oxygen atoms in total. The molecule has 0 atom stereocenters. The third-order valence-corrected chi connectivity index (χ3v) is 0. The zero-order chi connectivity index (χ0) is 0. The average Bonchev–Trinajstić information content (AvgIpc) is 0. The van der Waals surface area contributed by atoms with Crippen molar-refractivity contribution in [2.75, 3.05) is 0 Å². The summed E-state index contributed by atoms with van der Waals surface area (Å²) in [6.07, 6.45) is 0. The van der Waals surface area contributed by atoms with Crippen LogP contribution in [0.1, 0.15) is 0 Å². The fraction of sp³-hybridized carbons (Fsp3) is 0. The summed E-state index contributed by atoms with van der Waals surface area (Å²) in [5, 5.41) is 0. The molecule has 0 rings (SSSR count). The van der Waals surface area contributed by atoms with Crippen LogP contribution in [0.25, 0.3) is 0 Å². The fourth-order valence-electron chi connectivity index (χ4n) is 0. The monoisotopic (exact) mass is 227 g/mol. The molecular formula is H6CoMoO4. The molecule has 0 heterocycles. The maximum atomic E-state index is 0. The van der Waals surface area contributed by atoms with Crippen LogP contribution in [0.3, 0.4) is 0 Å². The molecule has 0 aromatic heterocycles. The largest absolute Gasteiger partial charge is 2.00 e. The molecule has 0 unspecified atom stereocenters. The number of hydrogen-bond acceptors (Lipinski definition) is 2. The zero-order valence-electron chi connectivity index (χ0n) is 2.64. The Kier molecular flexibility index (Phi) is 5700. The predicted octanol–water partition coefficient (Wildman–Crippen LogP) is -2.01. The SMILES string of the molecule is O.O.[Co+2].[Mo].[OH-].[OH-]. The normalized spacial score (nSPS) is 0. The second-order valence-corrected chi connectivity index (χ2v) is 0. The van der Waals surface area contributed by atoms with Gasteiger partial charge in [0.1, 0.15) is 0 Å². The van der Waals surface area contributed by atoms with E-state index in [1.165, 1.54) is 0 Å². The van der Waals surface area contributed by atoms with E-state index in [2.05, 4.69) is 0 Å². The molecule has 0 aromatic carbocycles. The summed E-state index contributed by atoms with van der Waals surface area (Å²) in [6.45, 7) is 0. The van der Waals surface area contributed by atoms with Gasteiger partial charge in [-0.3, -0.25) is 0 Å². The molecule has 0 saturated carbocycles. The summed E-state index contributed by atoms with van der Waals surface area (Å²) in [5.74, 6) is 0. The fourth-order valence-corrected chi connectivity index (χ4v) is 0. The van der Waals surface area contributed by atoms with Crippen LogP contribution in [-0.2, 0) is 37.8 Å². The minimum Gasteiger partial charge on any atom is -0.870 e. The van der Waals surface area contributed by atoms with Crippen molar-refractivity contribution >= 4 is 0 Å². The van der Waals surface area contributed by atoms with Crippen molar-refractivity contribution in [1.82, 2.24) is 0 Å². The second kappa shape index (κ2) is 143. The van der Waals surface area contributed by atoms with Crippen molar-refractivity contribution in [2.24, 2.45) is 0 Å². The molecule has 6 N–H and O–H groups in total. The Bertz CT molecular complexity index is 7.51. The molecule has 0 amide bonds. The molecule has 0 aliphatic heterocycles. The summed E-state index contributed by atoms with van der Waals surface area (Å²) in [6, 6.07) is 0. The van der Waals surface area contributed by atoms with E-state index < -0.39 is 0 Å². The van der Waals surface area contributed by atoms with Gasteiger partial charge in [0.25, 0.3) is 0 Å². The molecule has 6 heavy (non-hydrogen) atoms. The van der Waals surface area contributed by atoms with Gasteiger partial charge >= 0.3 is 16.8 Å². The molecule has 0 saturated heterocycles. The summed E-state index contributed by atoms with van der Waals surface area (Å²) in [7, 11) is 0. The second-order valence-electron chi connectivity index (χ2n) is 0. The molecule has 0 aliphatic carbocycles. The van der Waals surface area contributed by atoms with E-state index >= 15 is 0 Å². The summed E-state index contributed by atoms with van der Waals surface area (Å²) >= 11 is 0. The molecule has 1 radical (unpaired) electrons. The molecule has 0 aliphatic rings. The van der Waals surface area contributed by atoms with Crippen LogP contribution < -0.4 is 0 Å². The topological polar surface area (TPSA) is 123 Å². The van der Waals surface area contributed by atoms with Crippen molar-refractivity contribution in [2.45, 2.75) is 0 Å². The summed E-state index contributed by atoms with van der Waals surface area (Å²) in [4.78, 5) is 0. The van der Waals surface area contributed by atoms with E-state index in [0.29, 0.717) is 0 Å². The van der Waals surface area contributed by atoms with Crippen LogP contribution in [0, 0.1) is 0 Å². The van der Waals surface area contributed by atoms with Gasteiger partial charge in [0.2, 0.25) is 0 Å². The average molecular weight is 225 g/mol. The van der Waals surface area contributed by atoms with E-state index in [-0.39, 0.29) is 59.7 Å². The van der Waals surface area contributed by atoms with Gasteiger partial charge in [0.05, 0.1) is 0 Å². The standard InChI is InChI=1S/Co.Mo.4H2O/h;;4*1H2/q+2;;;;;/p-2. The van der Waals surface area contributed by atoms with Crippen molar-refractivity contribution in [3.05, 3.63) is 0 Å². The van der Waals surface area contributed by atoms with Crippen molar-refractivity contribution in [3.63, 3.8) is 0 Å². The Morgan fingerprint density at radius 1 is 0.667 bits per heavy atom. The van der Waals surface area contributed by atoms with E-state index in [9.17, 15) is 0 Å². The van der Waals surface area contributed by atoms with Crippen LogP contribution in [0.4, 0.5) is 0 Å². The van der Waals surface area contributed by atoms with Gasteiger partial charge in [0.15, 0.2) is 0 Å². The maximum Gasteiger partial charge on any atom is 2.00 e. The number of hydrogen-bond donors (Lipinski definition) is 0. The molecule has 0 bridgehead atoms. The minimum absolute atomic E-state index is 0. The Balaban J connectivity index is 0. The Morgan fingerprint density at radius 3 is 0.667 bits per heavy atom. The Hall–Kier alpha value is 1.03. The maximum absolute atomic E-state index is 0. The van der Waals surface area contributed by atoms with Crippen LogP contribution in [0.5, 0.6) is 0 Å². The Labute approximate surface area is 60.0 Å². The van der Waals surface area contributed by atoms with Crippen LogP contribution in [-0.4, -0.2) is 21.9 Å². The first-order chi connectivity index (χ1) is 0. The van der Waals surface area contributed by atoms with Crippen molar-refractivity contribution in [1.29, 1.82) is 0 Å². The van der Waals surface area contributed by atoms with Gasteiger partial charge in [-0.2, -0.15) is 0 Å². The van der Waals surface area contributed by atoms with Gasteiger partial charge in [-0.1, -0.05) is 0 Å².